The summed E-state index contributed by atoms with van der Waals surface area (Å²) in [5, 5.41) is 3.17. The first kappa shape index (κ1) is 22.9. The van der Waals surface area contributed by atoms with Crippen LogP contribution in [0.2, 0.25) is 0 Å². The van der Waals surface area contributed by atoms with E-state index in [0.29, 0.717) is 11.5 Å². The molecule has 8 heteroatoms. The van der Waals surface area contributed by atoms with Crippen molar-refractivity contribution in [2.75, 3.05) is 26.7 Å². The van der Waals surface area contributed by atoms with Gasteiger partial charge in [0, 0.05) is 24.7 Å². The summed E-state index contributed by atoms with van der Waals surface area (Å²) < 4.78 is 26.8. The second-order valence-electron chi connectivity index (χ2n) is 6.93. The highest BCUT2D eigenvalue weighted by Crippen LogP contribution is 2.22. The van der Waals surface area contributed by atoms with E-state index in [9.17, 15) is 13.2 Å². The number of hydrogen-bond donors (Lipinski definition) is 2. The summed E-state index contributed by atoms with van der Waals surface area (Å²) in [7, 11) is -1.57. The molecule has 0 aromatic heterocycles. The predicted molar refractivity (Wildman–Crippen MR) is 106 cm³/mol. The minimum Gasteiger partial charge on any atom is -0.339 e. The Morgan fingerprint density at radius 2 is 1.77 bits per heavy atom. The van der Waals surface area contributed by atoms with Crippen molar-refractivity contribution in [1.29, 1.82) is 0 Å². The van der Waals surface area contributed by atoms with E-state index in [1.54, 1.807) is 26.0 Å². The van der Waals surface area contributed by atoms with Crippen molar-refractivity contribution in [1.82, 2.24) is 14.9 Å². The van der Waals surface area contributed by atoms with Gasteiger partial charge in [0.05, 0.1) is 4.90 Å². The lowest BCUT2D eigenvalue weighted by Gasteiger charge is -2.32. The number of carbonyl (C=O) groups excluding carboxylic acids is 1. The zero-order chi connectivity index (χ0) is 18.4. The third-order valence-corrected chi connectivity index (χ3v) is 6.18. The number of sulfonamides is 1. The first-order chi connectivity index (χ1) is 11.8. The molecule has 1 aromatic carbocycles. The molecule has 1 fully saturated rings. The van der Waals surface area contributed by atoms with E-state index >= 15 is 0 Å². The summed E-state index contributed by atoms with van der Waals surface area (Å²) >= 11 is 0. The molecule has 148 valence electrons. The first-order valence-corrected chi connectivity index (χ1v) is 10.4. The number of piperidine rings is 1. The quantitative estimate of drug-likeness (QED) is 0.731. The number of benzene rings is 1. The molecule has 0 radical (unpaired) electrons. The Hall–Kier alpha value is -1.15. The van der Waals surface area contributed by atoms with E-state index in [0.717, 1.165) is 38.9 Å². The Labute approximate surface area is 163 Å². The lowest BCUT2D eigenvalue weighted by molar-refractivity contribution is 0.0687. The van der Waals surface area contributed by atoms with Crippen LogP contribution in [0.4, 0.5) is 0 Å². The van der Waals surface area contributed by atoms with Gasteiger partial charge in [0.1, 0.15) is 0 Å². The molecule has 0 bridgehead atoms. The molecule has 2 rings (SSSR count). The van der Waals surface area contributed by atoms with Crippen LogP contribution in [-0.2, 0) is 10.0 Å². The molecule has 0 atom stereocenters. The lowest BCUT2D eigenvalue weighted by Crippen LogP contribution is -2.39. The van der Waals surface area contributed by atoms with Crippen molar-refractivity contribution in [3.8, 4) is 0 Å². The van der Waals surface area contributed by atoms with E-state index in [4.69, 9.17) is 0 Å². The molecule has 1 aliphatic rings. The molecule has 0 spiro atoms. The zero-order valence-corrected chi connectivity index (χ0v) is 17.3. The van der Waals surface area contributed by atoms with Crippen LogP contribution < -0.4 is 10.0 Å². The third-order valence-electron chi connectivity index (χ3n) is 4.51. The molecule has 0 saturated carbocycles. The van der Waals surface area contributed by atoms with E-state index in [-0.39, 0.29) is 29.3 Å². The van der Waals surface area contributed by atoms with Crippen molar-refractivity contribution in [2.45, 2.75) is 44.0 Å². The maximum absolute atomic E-state index is 12.6. The standard InChI is InChI=1S/C18H29N3O3S.ClH/c1-14(2)20-25(23,24)17-6-4-16(5-7-17)18(22)21-12-9-15(10-13-21)8-11-19-3;/h4-7,14-15,19-20H,8-13H2,1-3H3;1H. The van der Waals surface area contributed by atoms with Gasteiger partial charge >= 0.3 is 0 Å². The highest BCUT2D eigenvalue weighted by molar-refractivity contribution is 7.89. The molecular formula is C18H30ClN3O3S. The summed E-state index contributed by atoms with van der Waals surface area (Å²) in [5.41, 5.74) is 0.539. The van der Waals surface area contributed by atoms with Gasteiger partial charge in [-0.15, -0.1) is 12.4 Å². The Balaban J connectivity index is 0.00000338. The number of nitrogens with zero attached hydrogens (tertiary/aromatic N) is 1. The molecule has 26 heavy (non-hydrogen) atoms. The van der Waals surface area contributed by atoms with Gasteiger partial charge in [-0.2, -0.15) is 0 Å². The van der Waals surface area contributed by atoms with Crippen LogP contribution in [-0.4, -0.2) is 51.9 Å². The van der Waals surface area contributed by atoms with Crippen LogP contribution in [0.1, 0.15) is 43.5 Å². The van der Waals surface area contributed by atoms with E-state index in [1.165, 1.54) is 12.1 Å². The van der Waals surface area contributed by atoms with Crippen molar-refractivity contribution in [2.24, 2.45) is 5.92 Å². The summed E-state index contributed by atoms with van der Waals surface area (Å²) in [6.07, 6.45) is 3.20. The molecule has 1 heterocycles. The predicted octanol–water partition coefficient (Wildman–Crippen LogP) is 2.26. The van der Waals surface area contributed by atoms with Crippen LogP contribution in [0.5, 0.6) is 0 Å². The second-order valence-corrected chi connectivity index (χ2v) is 8.64. The molecule has 1 amide bonds. The number of amides is 1. The molecule has 2 N–H and O–H groups in total. The van der Waals surface area contributed by atoms with Gasteiger partial charge in [0.2, 0.25) is 10.0 Å². The minimum absolute atomic E-state index is 0. The average Bonchev–Trinajstić information content (AvgIpc) is 2.59. The van der Waals surface area contributed by atoms with Crippen molar-refractivity contribution in [3.05, 3.63) is 29.8 Å². The van der Waals surface area contributed by atoms with Crippen LogP contribution in [0, 0.1) is 5.92 Å². The number of likely N-dealkylation sites (tertiary alicyclic amines) is 1. The number of rotatable bonds is 7. The van der Waals surface area contributed by atoms with Crippen molar-refractivity contribution >= 4 is 28.3 Å². The molecule has 1 saturated heterocycles. The zero-order valence-electron chi connectivity index (χ0n) is 15.7. The van der Waals surface area contributed by atoms with E-state index < -0.39 is 10.0 Å². The topological polar surface area (TPSA) is 78.5 Å². The normalized spacial score (nSPS) is 15.8. The monoisotopic (exact) mass is 403 g/mol. The molecular weight excluding hydrogens is 374 g/mol. The fraction of sp³-hybridized carbons (Fsp3) is 0.611. The van der Waals surface area contributed by atoms with Crippen molar-refractivity contribution in [3.63, 3.8) is 0 Å². The van der Waals surface area contributed by atoms with E-state index in [2.05, 4.69) is 10.0 Å². The number of carbonyl (C=O) groups is 1. The summed E-state index contributed by atoms with van der Waals surface area (Å²) in [5.74, 6) is 0.652. The summed E-state index contributed by atoms with van der Waals surface area (Å²) in [4.78, 5) is 14.7. The van der Waals surface area contributed by atoms with Gasteiger partial charge in [0.25, 0.3) is 5.91 Å². The van der Waals surface area contributed by atoms with Crippen LogP contribution in [0.15, 0.2) is 29.2 Å². The summed E-state index contributed by atoms with van der Waals surface area (Å²) in [6.45, 7) is 6.09. The number of hydrogen-bond acceptors (Lipinski definition) is 4. The van der Waals surface area contributed by atoms with Crippen LogP contribution in [0.25, 0.3) is 0 Å². The summed E-state index contributed by atoms with van der Waals surface area (Å²) in [6, 6.07) is 6.03. The SMILES string of the molecule is CNCCC1CCN(C(=O)c2ccc(S(=O)(=O)NC(C)C)cc2)CC1.Cl. The largest absolute Gasteiger partial charge is 0.339 e. The number of nitrogens with one attached hydrogen (secondary N) is 2. The molecule has 0 unspecified atom stereocenters. The van der Waals surface area contributed by atoms with Gasteiger partial charge in [-0.05, 0) is 76.9 Å². The fourth-order valence-electron chi connectivity index (χ4n) is 3.11. The molecule has 6 nitrogen and oxygen atoms in total. The van der Waals surface area contributed by atoms with E-state index in [1.807, 2.05) is 11.9 Å². The first-order valence-electron chi connectivity index (χ1n) is 8.89. The third kappa shape index (κ3) is 6.23. The van der Waals surface area contributed by atoms with Gasteiger partial charge in [-0.1, -0.05) is 0 Å². The van der Waals surface area contributed by atoms with Crippen LogP contribution in [0.3, 0.4) is 0 Å². The molecule has 1 aromatic rings. The Morgan fingerprint density at radius 3 is 2.27 bits per heavy atom. The van der Waals surface area contributed by atoms with Crippen LogP contribution >= 0.6 is 12.4 Å². The van der Waals surface area contributed by atoms with Gasteiger partial charge < -0.3 is 10.2 Å². The van der Waals surface area contributed by atoms with Gasteiger partial charge in [-0.3, -0.25) is 4.79 Å². The van der Waals surface area contributed by atoms with Gasteiger partial charge in [-0.25, -0.2) is 13.1 Å². The molecule has 0 aliphatic carbocycles. The van der Waals surface area contributed by atoms with Gasteiger partial charge in [0.15, 0.2) is 0 Å². The number of halogens is 1. The highest BCUT2D eigenvalue weighted by atomic mass is 35.5. The molecule has 1 aliphatic heterocycles. The average molecular weight is 404 g/mol. The Morgan fingerprint density at radius 1 is 1.19 bits per heavy atom. The maximum atomic E-state index is 12.6. The highest BCUT2D eigenvalue weighted by Gasteiger charge is 2.24. The maximum Gasteiger partial charge on any atom is 0.253 e. The Bertz CT molecular complexity index is 669. The fourth-order valence-corrected chi connectivity index (χ4v) is 4.36. The van der Waals surface area contributed by atoms with Crippen molar-refractivity contribution < 1.29 is 13.2 Å². The second kappa shape index (κ2) is 10.3. The minimum atomic E-state index is -3.52. The smallest absolute Gasteiger partial charge is 0.253 e. The lowest BCUT2D eigenvalue weighted by atomic mass is 9.93. The Kier molecular flexibility index (Phi) is 9.03.